The van der Waals surface area contributed by atoms with E-state index in [2.05, 4.69) is 0 Å². The van der Waals surface area contributed by atoms with Gasteiger partial charge in [0.1, 0.15) is 0 Å². The Balaban J connectivity index is 0.000000410. The number of unbranched alkanes of at least 4 members (excludes halogenated alkanes) is 4. The maximum Gasteiger partial charge on any atom is 0.157 e. The predicted octanol–water partition coefficient (Wildman–Crippen LogP) is 2.34. The monoisotopic (exact) mass is 394 g/mol. The van der Waals surface area contributed by atoms with Crippen molar-refractivity contribution in [3.8, 4) is 0 Å². The molecule has 2 atom stereocenters. The lowest BCUT2D eigenvalue weighted by molar-refractivity contribution is -0.162. The van der Waals surface area contributed by atoms with E-state index >= 15 is 0 Å². The molecule has 0 amide bonds. The highest BCUT2D eigenvalue weighted by Crippen LogP contribution is 2.14. The molecule has 7 heteroatoms. The summed E-state index contributed by atoms with van der Waals surface area (Å²) in [6.45, 7) is 3.15. The van der Waals surface area contributed by atoms with Gasteiger partial charge in [0.2, 0.25) is 0 Å². The van der Waals surface area contributed by atoms with Crippen LogP contribution in [0.15, 0.2) is 0 Å². The highest BCUT2D eigenvalue weighted by molar-refractivity contribution is 4.54. The number of hydrogen-bond donors (Lipinski definition) is 4. The summed E-state index contributed by atoms with van der Waals surface area (Å²) in [5.41, 5.74) is 0. The van der Waals surface area contributed by atoms with Gasteiger partial charge in [-0.1, -0.05) is 0 Å². The maximum atomic E-state index is 8.69. The molecule has 2 heterocycles. The van der Waals surface area contributed by atoms with Gasteiger partial charge in [0.05, 0.1) is 0 Å². The first-order valence-electron chi connectivity index (χ1n) is 10.6. The number of ether oxygens (including phenoxy) is 3. The minimum atomic E-state index is -0.464. The second kappa shape index (κ2) is 22.0. The van der Waals surface area contributed by atoms with Crippen LogP contribution in [-0.2, 0) is 14.2 Å². The van der Waals surface area contributed by atoms with Crippen molar-refractivity contribution < 1.29 is 34.6 Å². The first-order chi connectivity index (χ1) is 13.2. The van der Waals surface area contributed by atoms with E-state index < -0.39 is 6.29 Å². The fourth-order valence-electron chi connectivity index (χ4n) is 2.57. The van der Waals surface area contributed by atoms with Gasteiger partial charge in [-0.25, -0.2) is 0 Å². The molecule has 0 aromatic carbocycles. The van der Waals surface area contributed by atoms with Crippen molar-refractivity contribution in [1.82, 2.24) is 0 Å². The molecular formula is C20H42O7. The second-order valence-corrected chi connectivity index (χ2v) is 6.78. The van der Waals surface area contributed by atoms with Crippen LogP contribution in [0.3, 0.4) is 0 Å². The molecule has 164 valence electrons. The van der Waals surface area contributed by atoms with Gasteiger partial charge in [-0.05, 0) is 77.0 Å². The molecule has 27 heavy (non-hydrogen) atoms. The van der Waals surface area contributed by atoms with Crippen LogP contribution in [0.1, 0.15) is 77.0 Å². The van der Waals surface area contributed by atoms with E-state index in [0.29, 0.717) is 6.61 Å². The van der Waals surface area contributed by atoms with Crippen LogP contribution < -0.4 is 0 Å². The lowest BCUT2D eigenvalue weighted by Gasteiger charge is -2.22. The summed E-state index contributed by atoms with van der Waals surface area (Å²) in [5.74, 6) is 0. The van der Waals surface area contributed by atoms with Gasteiger partial charge in [-0.2, -0.15) is 0 Å². The molecule has 0 aliphatic carbocycles. The minimum absolute atomic E-state index is 0.0443. The SMILES string of the molecule is OC1CCCCO1.OCCCCCO.OCCCCCOC1CCCCO1. The van der Waals surface area contributed by atoms with Crippen LogP contribution in [0, 0.1) is 0 Å². The molecule has 0 aromatic heterocycles. The van der Waals surface area contributed by atoms with Crippen molar-refractivity contribution in [2.75, 3.05) is 39.6 Å². The first kappa shape index (κ1) is 26.7. The van der Waals surface area contributed by atoms with Crippen LogP contribution in [0.25, 0.3) is 0 Å². The Hall–Kier alpha value is -0.280. The smallest absolute Gasteiger partial charge is 0.157 e. The molecule has 2 fully saturated rings. The van der Waals surface area contributed by atoms with Gasteiger partial charge >= 0.3 is 0 Å². The summed E-state index contributed by atoms with van der Waals surface area (Å²) in [5, 5.41) is 33.7. The molecule has 0 radical (unpaired) electrons. The van der Waals surface area contributed by atoms with Crippen molar-refractivity contribution >= 4 is 0 Å². The zero-order valence-electron chi connectivity index (χ0n) is 16.9. The van der Waals surface area contributed by atoms with Crippen molar-refractivity contribution in [2.45, 2.75) is 89.6 Å². The standard InChI is InChI=1S/C10H20O3.C5H10O2.C5H12O2/c11-7-3-1-4-8-12-10-6-2-5-9-13-10;6-5-3-1-2-4-7-5;6-4-2-1-3-5-7/h10-11H,1-9H2;5-6H,1-4H2;6-7H,1-5H2. The highest BCUT2D eigenvalue weighted by atomic mass is 16.7. The van der Waals surface area contributed by atoms with E-state index in [1.165, 1.54) is 12.8 Å². The lowest BCUT2D eigenvalue weighted by Crippen LogP contribution is -2.22. The fraction of sp³-hybridized carbons (Fsp3) is 1.00. The quantitative estimate of drug-likeness (QED) is 0.421. The van der Waals surface area contributed by atoms with E-state index in [0.717, 1.165) is 84.0 Å². The molecule has 2 rings (SSSR count). The third-order valence-electron chi connectivity index (χ3n) is 4.22. The Morgan fingerprint density at radius 3 is 1.63 bits per heavy atom. The second-order valence-electron chi connectivity index (χ2n) is 6.78. The van der Waals surface area contributed by atoms with Gasteiger partial charge in [-0.15, -0.1) is 0 Å². The van der Waals surface area contributed by atoms with Crippen molar-refractivity contribution in [2.24, 2.45) is 0 Å². The topological polar surface area (TPSA) is 109 Å². The molecule has 2 aliphatic rings. The van der Waals surface area contributed by atoms with Crippen LogP contribution in [0.4, 0.5) is 0 Å². The Morgan fingerprint density at radius 2 is 1.22 bits per heavy atom. The van der Waals surface area contributed by atoms with Crippen LogP contribution >= 0.6 is 0 Å². The Labute approximate surface area is 164 Å². The molecule has 4 N–H and O–H groups in total. The molecule has 0 aromatic rings. The van der Waals surface area contributed by atoms with Gasteiger partial charge < -0.3 is 34.6 Å². The molecule has 7 nitrogen and oxygen atoms in total. The summed E-state index contributed by atoms with van der Waals surface area (Å²) < 4.78 is 15.8. The fourth-order valence-corrected chi connectivity index (χ4v) is 2.57. The van der Waals surface area contributed by atoms with Gasteiger partial charge in [-0.3, -0.25) is 0 Å². The average Bonchev–Trinajstić information content (AvgIpc) is 2.71. The van der Waals surface area contributed by atoms with Crippen molar-refractivity contribution in [3.05, 3.63) is 0 Å². The molecule has 2 unspecified atom stereocenters. The average molecular weight is 395 g/mol. The zero-order chi connectivity index (χ0) is 20.0. The van der Waals surface area contributed by atoms with Crippen LogP contribution in [0.2, 0.25) is 0 Å². The normalized spacial score (nSPS) is 22.2. The number of hydrogen-bond acceptors (Lipinski definition) is 7. The zero-order valence-corrected chi connectivity index (χ0v) is 16.9. The van der Waals surface area contributed by atoms with E-state index in [1.54, 1.807) is 0 Å². The van der Waals surface area contributed by atoms with E-state index in [9.17, 15) is 0 Å². The van der Waals surface area contributed by atoms with Crippen LogP contribution in [-0.4, -0.2) is 72.6 Å². The minimum Gasteiger partial charge on any atom is -0.396 e. The molecule has 0 saturated carbocycles. The van der Waals surface area contributed by atoms with Gasteiger partial charge in [0, 0.05) is 39.6 Å². The molecule has 2 aliphatic heterocycles. The highest BCUT2D eigenvalue weighted by Gasteiger charge is 2.13. The Kier molecular flexibility index (Phi) is 21.8. The number of rotatable bonds is 10. The Morgan fingerprint density at radius 1 is 0.667 bits per heavy atom. The maximum absolute atomic E-state index is 8.69. The van der Waals surface area contributed by atoms with Gasteiger partial charge in [0.25, 0.3) is 0 Å². The van der Waals surface area contributed by atoms with E-state index in [-0.39, 0.29) is 19.5 Å². The summed E-state index contributed by atoms with van der Waals surface area (Å²) in [7, 11) is 0. The predicted molar refractivity (Wildman–Crippen MR) is 104 cm³/mol. The van der Waals surface area contributed by atoms with E-state index in [4.69, 9.17) is 34.6 Å². The van der Waals surface area contributed by atoms with Crippen LogP contribution in [0.5, 0.6) is 0 Å². The summed E-state index contributed by atoms with van der Waals surface area (Å²) in [4.78, 5) is 0. The third kappa shape index (κ3) is 20.3. The summed E-state index contributed by atoms with van der Waals surface area (Å²) in [6.07, 6.45) is 11.6. The number of aliphatic hydroxyl groups excluding tert-OH is 4. The molecule has 2 saturated heterocycles. The summed E-state index contributed by atoms with van der Waals surface area (Å²) >= 11 is 0. The lowest BCUT2D eigenvalue weighted by atomic mass is 10.2. The van der Waals surface area contributed by atoms with E-state index in [1.807, 2.05) is 0 Å². The van der Waals surface area contributed by atoms with Crippen molar-refractivity contribution in [1.29, 1.82) is 0 Å². The third-order valence-corrected chi connectivity index (χ3v) is 4.22. The Bertz CT molecular complexity index is 263. The molecule has 0 spiro atoms. The molecular weight excluding hydrogens is 352 g/mol. The number of aliphatic hydroxyl groups is 4. The largest absolute Gasteiger partial charge is 0.396 e. The summed E-state index contributed by atoms with van der Waals surface area (Å²) in [6, 6.07) is 0. The van der Waals surface area contributed by atoms with Crippen molar-refractivity contribution in [3.63, 3.8) is 0 Å². The molecule has 0 bridgehead atoms. The van der Waals surface area contributed by atoms with Gasteiger partial charge in [0.15, 0.2) is 12.6 Å². The first-order valence-corrected chi connectivity index (χ1v) is 10.6.